The highest BCUT2D eigenvalue weighted by Gasteiger charge is 2.26. The van der Waals surface area contributed by atoms with E-state index >= 15 is 0 Å². The van der Waals surface area contributed by atoms with E-state index < -0.39 is 5.91 Å². The van der Waals surface area contributed by atoms with E-state index in [2.05, 4.69) is 5.32 Å². The molecule has 1 aliphatic carbocycles. The number of methoxy groups -OCH3 is 2. The minimum Gasteiger partial charge on any atom is -0.497 e. The van der Waals surface area contributed by atoms with Gasteiger partial charge in [0.1, 0.15) is 11.5 Å². The van der Waals surface area contributed by atoms with Crippen molar-refractivity contribution >= 4 is 29.5 Å². The topological polar surface area (TPSA) is 96.9 Å². The Kier molecular flexibility index (Phi) is 6.87. The summed E-state index contributed by atoms with van der Waals surface area (Å²) < 4.78 is 10.7. The summed E-state index contributed by atoms with van der Waals surface area (Å²) in [6.45, 7) is 0. The molecule has 3 rings (SSSR count). The van der Waals surface area contributed by atoms with E-state index in [0.29, 0.717) is 22.6 Å². The molecule has 1 aliphatic rings. The molecule has 2 aromatic carbocycles. The molecule has 7 heteroatoms. The molecule has 2 amide bonds. The monoisotopic (exact) mass is 408 g/mol. The molecule has 0 radical (unpaired) electrons. The van der Waals surface area contributed by atoms with Gasteiger partial charge in [-0.15, -0.1) is 0 Å². The number of carbonyl (C=O) groups is 2. The summed E-state index contributed by atoms with van der Waals surface area (Å²) in [7, 11) is 3.13. The largest absolute Gasteiger partial charge is 0.497 e. The maximum absolute atomic E-state index is 13.0. The Morgan fingerprint density at radius 1 is 1.03 bits per heavy atom. The van der Waals surface area contributed by atoms with E-state index in [1.54, 1.807) is 50.1 Å². The fourth-order valence-corrected chi connectivity index (χ4v) is 2.86. The summed E-state index contributed by atoms with van der Waals surface area (Å²) in [6, 6.07) is 12.9. The first-order chi connectivity index (χ1) is 14.5. The highest BCUT2D eigenvalue weighted by molar-refractivity contribution is 6.25. The van der Waals surface area contributed by atoms with Gasteiger partial charge in [0.2, 0.25) is 0 Å². The fraction of sp³-hybridized carbons (Fsp3) is 0.217. The van der Waals surface area contributed by atoms with Gasteiger partial charge in [0, 0.05) is 23.7 Å². The number of ether oxygens (including phenoxy) is 2. The maximum atomic E-state index is 13.0. The van der Waals surface area contributed by atoms with Gasteiger partial charge in [-0.25, -0.2) is 5.48 Å². The van der Waals surface area contributed by atoms with Crippen LogP contribution in [0.3, 0.4) is 0 Å². The number of hydrogen-bond acceptors (Lipinski definition) is 5. The van der Waals surface area contributed by atoms with Crippen LogP contribution in [0.25, 0.3) is 17.7 Å². The van der Waals surface area contributed by atoms with E-state index in [9.17, 15) is 9.59 Å². The first kappa shape index (κ1) is 21.1. The molecule has 0 atom stereocenters. The van der Waals surface area contributed by atoms with Crippen molar-refractivity contribution in [2.75, 3.05) is 14.2 Å². The van der Waals surface area contributed by atoms with Crippen molar-refractivity contribution < 1.29 is 24.3 Å². The summed E-state index contributed by atoms with van der Waals surface area (Å²) in [4.78, 5) is 24.1. The number of hydroxylamine groups is 1. The molecule has 156 valence electrons. The predicted octanol–water partition coefficient (Wildman–Crippen LogP) is 3.04. The quantitative estimate of drug-likeness (QED) is 0.270. The number of benzene rings is 2. The minimum atomic E-state index is -0.607. The maximum Gasteiger partial charge on any atom is 0.267 e. The van der Waals surface area contributed by atoms with Gasteiger partial charge in [-0.3, -0.25) is 14.8 Å². The molecular weight excluding hydrogens is 384 g/mol. The second-order valence-electron chi connectivity index (χ2n) is 6.85. The van der Waals surface area contributed by atoms with Gasteiger partial charge in [0.05, 0.1) is 19.8 Å². The Labute approximate surface area is 175 Å². The second-order valence-corrected chi connectivity index (χ2v) is 6.85. The fourth-order valence-electron chi connectivity index (χ4n) is 2.86. The van der Waals surface area contributed by atoms with Crippen LogP contribution in [0, 0.1) is 0 Å². The lowest BCUT2D eigenvalue weighted by Gasteiger charge is -2.14. The van der Waals surface area contributed by atoms with Crippen LogP contribution in [0.2, 0.25) is 0 Å². The summed E-state index contributed by atoms with van der Waals surface area (Å²) in [5, 5.41) is 11.6. The van der Waals surface area contributed by atoms with Gasteiger partial charge in [-0.1, -0.05) is 24.3 Å². The van der Waals surface area contributed by atoms with E-state index in [4.69, 9.17) is 14.7 Å². The molecular formula is C23H24N2O5. The van der Waals surface area contributed by atoms with Crippen molar-refractivity contribution in [1.82, 2.24) is 10.8 Å². The molecule has 0 aromatic heterocycles. The van der Waals surface area contributed by atoms with Crippen molar-refractivity contribution in [2.45, 2.75) is 18.9 Å². The SMILES string of the molecule is COc1ccc(C(=Cc2ccc(/C=C/C(=O)NO)cc2)C(=O)NC2CC2)c(OC)c1. The lowest BCUT2D eigenvalue weighted by atomic mass is 10.00. The third-order valence-corrected chi connectivity index (χ3v) is 4.64. The lowest BCUT2D eigenvalue weighted by Crippen LogP contribution is -2.26. The molecule has 0 unspecified atom stereocenters. The lowest BCUT2D eigenvalue weighted by molar-refractivity contribution is -0.124. The molecule has 0 saturated heterocycles. The molecule has 0 bridgehead atoms. The Morgan fingerprint density at radius 3 is 2.33 bits per heavy atom. The first-order valence-corrected chi connectivity index (χ1v) is 9.51. The zero-order valence-electron chi connectivity index (χ0n) is 16.8. The molecule has 1 saturated carbocycles. The summed E-state index contributed by atoms with van der Waals surface area (Å²) in [6.07, 6.45) is 6.58. The highest BCUT2D eigenvalue weighted by Crippen LogP contribution is 2.32. The molecule has 7 nitrogen and oxygen atoms in total. The van der Waals surface area contributed by atoms with Gasteiger partial charge < -0.3 is 14.8 Å². The van der Waals surface area contributed by atoms with Gasteiger partial charge in [-0.2, -0.15) is 0 Å². The highest BCUT2D eigenvalue weighted by atomic mass is 16.5. The van der Waals surface area contributed by atoms with Crippen molar-refractivity contribution in [2.24, 2.45) is 0 Å². The van der Waals surface area contributed by atoms with E-state index in [-0.39, 0.29) is 11.9 Å². The van der Waals surface area contributed by atoms with Crippen LogP contribution >= 0.6 is 0 Å². The first-order valence-electron chi connectivity index (χ1n) is 9.51. The molecule has 30 heavy (non-hydrogen) atoms. The average Bonchev–Trinajstić information content (AvgIpc) is 3.60. The van der Waals surface area contributed by atoms with Crippen molar-refractivity contribution in [3.8, 4) is 11.5 Å². The molecule has 2 aromatic rings. The molecule has 0 aliphatic heterocycles. The zero-order valence-corrected chi connectivity index (χ0v) is 16.8. The number of rotatable bonds is 8. The summed E-state index contributed by atoms with van der Waals surface area (Å²) in [5.41, 5.74) is 4.30. The molecule has 3 N–H and O–H groups in total. The van der Waals surface area contributed by atoms with Crippen molar-refractivity contribution in [3.63, 3.8) is 0 Å². The molecule has 0 spiro atoms. The smallest absolute Gasteiger partial charge is 0.267 e. The van der Waals surface area contributed by atoms with E-state index in [0.717, 1.165) is 24.0 Å². The number of carbonyl (C=O) groups excluding carboxylic acids is 2. The third-order valence-electron chi connectivity index (χ3n) is 4.64. The van der Waals surface area contributed by atoms with Crippen LogP contribution in [0.15, 0.2) is 48.5 Å². The predicted molar refractivity (Wildman–Crippen MR) is 114 cm³/mol. The van der Waals surface area contributed by atoms with Crippen molar-refractivity contribution in [1.29, 1.82) is 0 Å². The molecule has 1 fully saturated rings. The van der Waals surface area contributed by atoms with Crippen LogP contribution in [0.1, 0.15) is 29.5 Å². The Morgan fingerprint density at radius 2 is 1.73 bits per heavy atom. The van der Waals surface area contributed by atoms with Crippen LogP contribution in [-0.4, -0.2) is 37.3 Å². The standard InChI is InChI=1S/C23H24N2O5/c1-29-18-10-11-19(21(14-18)30-2)20(23(27)24-17-8-9-17)13-16-5-3-15(4-6-16)7-12-22(26)25-28/h3-7,10-14,17,28H,8-9H2,1-2H3,(H,24,27)(H,25,26)/b12-7+,20-13?. The third kappa shape index (κ3) is 5.48. The van der Waals surface area contributed by atoms with Crippen LogP contribution in [0.5, 0.6) is 11.5 Å². The number of nitrogens with one attached hydrogen (secondary N) is 2. The zero-order chi connectivity index (χ0) is 21.5. The van der Waals surface area contributed by atoms with Gasteiger partial charge in [0.15, 0.2) is 0 Å². The average molecular weight is 408 g/mol. The van der Waals surface area contributed by atoms with Crippen molar-refractivity contribution in [3.05, 3.63) is 65.2 Å². The summed E-state index contributed by atoms with van der Waals surface area (Å²) in [5.74, 6) is 0.413. The van der Waals surface area contributed by atoms with Gasteiger partial charge >= 0.3 is 0 Å². The Hall–Kier alpha value is -3.58. The van der Waals surface area contributed by atoms with Gasteiger partial charge in [0.25, 0.3) is 11.8 Å². The van der Waals surface area contributed by atoms with Crippen LogP contribution in [-0.2, 0) is 9.59 Å². The normalized spacial score (nSPS) is 13.8. The number of hydrogen-bond donors (Lipinski definition) is 3. The number of amides is 2. The van der Waals surface area contributed by atoms with Crippen LogP contribution < -0.4 is 20.3 Å². The second kappa shape index (κ2) is 9.76. The Balaban J connectivity index is 1.94. The van der Waals surface area contributed by atoms with Crippen LogP contribution in [0.4, 0.5) is 0 Å². The van der Waals surface area contributed by atoms with Gasteiger partial charge in [-0.05, 0) is 48.3 Å². The van der Waals surface area contributed by atoms with E-state index in [1.807, 2.05) is 24.3 Å². The van der Waals surface area contributed by atoms with E-state index in [1.165, 1.54) is 6.08 Å². The summed E-state index contributed by atoms with van der Waals surface area (Å²) >= 11 is 0. The molecule has 0 heterocycles. The Bertz CT molecular complexity index is 976. The minimum absolute atomic E-state index is 0.162.